The molecule has 72 valence electrons. The first-order chi connectivity index (χ1) is 6.68. The van der Waals surface area contributed by atoms with Crippen LogP contribution in [0.15, 0.2) is 36.4 Å². The minimum absolute atomic E-state index is 0.746. The molecule has 0 amide bonds. The van der Waals surface area contributed by atoms with Crippen LogP contribution in [0.5, 0.6) is 0 Å². The minimum Gasteiger partial charge on any atom is -0.385 e. The molecule has 1 aromatic heterocycles. The normalized spacial score (nSPS) is 10.4. The van der Waals surface area contributed by atoms with Crippen LogP contribution in [-0.4, -0.2) is 4.57 Å². The van der Waals surface area contributed by atoms with Crippen molar-refractivity contribution in [3.63, 3.8) is 0 Å². The van der Waals surface area contributed by atoms with Crippen LogP contribution in [0.3, 0.4) is 0 Å². The van der Waals surface area contributed by atoms with Crippen molar-refractivity contribution in [2.45, 2.75) is 0 Å². The number of benzene rings is 1. The summed E-state index contributed by atoms with van der Waals surface area (Å²) in [5.74, 6) is 0.759. The second kappa shape index (κ2) is 3.39. The van der Waals surface area contributed by atoms with Gasteiger partial charge in [-0.3, -0.25) is 0 Å². The first kappa shape index (κ1) is 9.16. The molecule has 0 saturated carbocycles. The van der Waals surface area contributed by atoms with E-state index < -0.39 is 0 Å². The number of nitrogen functional groups attached to an aromatic ring is 1. The van der Waals surface area contributed by atoms with Gasteiger partial charge in [-0.2, -0.15) is 0 Å². The van der Waals surface area contributed by atoms with E-state index >= 15 is 0 Å². The number of hydrogen-bond donors (Lipinski definition) is 1. The molecular formula is C11H11ClN2. The SMILES string of the molecule is Cn1c(N)ccc1-c1ccc(Cl)cc1. The van der Waals surface area contributed by atoms with Crippen LogP contribution in [0.4, 0.5) is 5.82 Å². The zero-order valence-corrected chi connectivity index (χ0v) is 8.62. The van der Waals surface area contributed by atoms with Gasteiger partial charge in [-0.15, -0.1) is 0 Å². The van der Waals surface area contributed by atoms with Crippen molar-refractivity contribution in [1.29, 1.82) is 0 Å². The first-order valence-corrected chi connectivity index (χ1v) is 4.73. The van der Waals surface area contributed by atoms with Crippen molar-refractivity contribution < 1.29 is 0 Å². The number of hydrogen-bond acceptors (Lipinski definition) is 1. The third-order valence-corrected chi connectivity index (χ3v) is 2.55. The molecule has 0 aliphatic heterocycles. The van der Waals surface area contributed by atoms with Crippen molar-refractivity contribution >= 4 is 17.4 Å². The molecule has 2 N–H and O–H groups in total. The van der Waals surface area contributed by atoms with E-state index in [2.05, 4.69) is 0 Å². The van der Waals surface area contributed by atoms with E-state index in [0.717, 1.165) is 22.1 Å². The monoisotopic (exact) mass is 206 g/mol. The molecule has 0 aliphatic carbocycles. The summed E-state index contributed by atoms with van der Waals surface area (Å²) in [5.41, 5.74) is 7.96. The van der Waals surface area contributed by atoms with Gasteiger partial charge in [-0.05, 0) is 29.8 Å². The second-order valence-corrected chi connectivity index (χ2v) is 3.65. The number of nitrogens with two attached hydrogens (primary N) is 1. The Bertz CT molecular complexity index is 443. The Labute approximate surface area is 87.9 Å². The van der Waals surface area contributed by atoms with Crippen LogP contribution in [0, 0.1) is 0 Å². The van der Waals surface area contributed by atoms with Crippen LogP contribution in [-0.2, 0) is 7.05 Å². The van der Waals surface area contributed by atoms with Crippen molar-refractivity contribution in [2.24, 2.45) is 7.05 Å². The molecule has 0 aliphatic rings. The largest absolute Gasteiger partial charge is 0.385 e. The van der Waals surface area contributed by atoms with Crippen LogP contribution >= 0.6 is 11.6 Å². The number of halogens is 1. The van der Waals surface area contributed by atoms with Gasteiger partial charge in [0.15, 0.2) is 0 Å². The molecule has 0 atom stereocenters. The second-order valence-electron chi connectivity index (χ2n) is 3.21. The van der Waals surface area contributed by atoms with Crippen molar-refractivity contribution in [2.75, 3.05) is 5.73 Å². The van der Waals surface area contributed by atoms with Gasteiger partial charge in [-0.1, -0.05) is 23.7 Å². The summed E-state index contributed by atoms with van der Waals surface area (Å²) in [6.45, 7) is 0. The Morgan fingerprint density at radius 1 is 1.07 bits per heavy atom. The number of rotatable bonds is 1. The molecule has 0 saturated heterocycles. The van der Waals surface area contributed by atoms with Crippen LogP contribution < -0.4 is 5.73 Å². The Balaban J connectivity index is 2.49. The molecule has 2 aromatic rings. The van der Waals surface area contributed by atoms with Gasteiger partial charge in [0.2, 0.25) is 0 Å². The highest BCUT2D eigenvalue weighted by molar-refractivity contribution is 6.30. The molecule has 2 rings (SSSR count). The molecule has 0 bridgehead atoms. The van der Waals surface area contributed by atoms with E-state index in [1.807, 2.05) is 48.0 Å². The summed E-state index contributed by atoms with van der Waals surface area (Å²) in [4.78, 5) is 0. The fourth-order valence-electron chi connectivity index (χ4n) is 1.44. The van der Waals surface area contributed by atoms with Crippen molar-refractivity contribution in [3.8, 4) is 11.3 Å². The summed E-state index contributed by atoms with van der Waals surface area (Å²) >= 11 is 5.81. The smallest absolute Gasteiger partial charge is 0.103 e. The topological polar surface area (TPSA) is 30.9 Å². The maximum atomic E-state index is 5.81. The lowest BCUT2D eigenvalue weighted by molar-refractivity contribution is 0.950. The van der Waals surface area contributed by atoms with E-state index in [1.54, 1.807) is 0 Å². The average Bonchev–Trinajstić information content (AvgIpc) is 2.50. The van der Waals surface area contributed by atoms with E-state index in [0.29, 0.717) is 0 Å². The Kier molecular flexibility index (Phi) is 2.22. The lowest BCUT2D eigenvalue weighted by atomic mass is 10.1. The predicted octanol–water partition coefficient (Wildman–Crippen LogP) is 2.93. The molecule has 1 aromatic carbocycles. The lowest BCUT2D eigenvalue weighted by Crippen LogP contribution is -1.97. The highest BCUT2D eigenvalue weighted by atomic mass is 35.5. The number of aromatic nitrogens is 1. The first-order valence-electron chi connectivity index (χ1n) is 4.35. The van der Waals surface area contributed by atoms with Gasteiger partial charge in [0.05, 0.1) is 0 Å². The minimum atomic E-state index is 0.746. The lowest BCUT2D eigenvalue weighted by Gasteiger charge is -2.04. The molecule has 0 radical (unpaired) electrons. The quantitative estimate of drug-likeness (QED) is 0.764. The van der Waals surface area contributed by atoms with Crippen LogP contribution in [0.1, 0.15) is 0 Å². The molecule has 2 nitrogen and oxygen atoms in total. The zero-order chi connectivity index (χ0) is 10.1. The van der Waals surface area contributed by atoms with Gasteiger partial charge < -0.3 is 10.3 Å². The summed E-state index contributed by atoms with van der Waals surface area (Å²) in [6.07, 6.45) is 0. The Hall–Kier alpha value is -1.41. The molecule has 3 heteroatoms. The molecule has 0 spiro atoms. The van der Waals surface area contributed by atoms with E-state index in [4.69, 9.17) is 17.3 Å². The van der Waals surface area contributed by atoms with E-state index in [1.165, 1.54) is 0 Å². The third kappa shape index (κ3) is 1.49. The molecule has 14 heavy (non-hydrogen) atoms. The summed E-state index contributed by atoms with van der Waals surface area (Å²) in [7, 11) is 1.94. The van der Waals surface area contributed by atoms with Crippen molar-refractivity contribution in [3.05, 3.63) is 41.4 Å². The van der Waals surface area contributed by atoms with Gasteiger partial charge in [0.1, 0.15) is 5.82 Å². The standard InChI is InChI=1S/C11H11ClN2/c1-14-10(6-7-11(14)13)8-2-4-9(12)5-3-8/h2-7H,13H2,1H3. The van der Waals surface area contributed by atoms with Crippen LogP contribution in [0.2, 0.25) is 5.02 Å². The number of anilines is 1. The Morgan fingerprint density at radius 3 is 2.21 bits per heavy atom. The van der Waals surface area contributed by atoms with E-state index in [9.17, 15) is 0 Å². The summed E-state index contributed by atoms with van der Waals surface area (Å²) in [6, 6.07) is 11.6. The van der Waals surface area contributed by atoms with Gasteiger partial charge in [-0.25, -0.2) is 0 Å². The molecule has 0 unspecified atom stereocenters. The van der Waals surface area contributed by atoms with Crippen molar-refractivity contribution in [1.82, 2.24) is 4.57 Å². The Morgan fingerprint density at radius 2 is 1.71 bits per heavy atom. The fraction of sp³-hybridized carbons (Fsp3) is 0.0909. The maximum absolute atomic E-state index is 5.81. The highest BCUT2D eigenvalue weighted by Gasteiger charge is 2.03. The van der Waals surface area contributed by atoms with E-state index in [-0.39, 0.29) is 0 Å². The molecule has 1 heterocycles. The summed E-state index contributed by atoms with van der Waals surface area (Å²) in [5, 5.41) is 0.746. The van der Waals surface area contributed by atoms with Gasteiger partial charge in [0.25, 0.3) is 0 Å². The summed E-state index contributed by atoms with van der Waals surface area (Å²) < 4.78 is 1.95. The van der Waals surface area contributed by atoms with Gasteiger partial charge >= 0.3 is 0 Å². The highest BCUT2D eigenvalue weighted by Crippen LogP contribution is 2.23. The fourth-order valence-corrected chi connectivity index (χ4v) is 1.56. The third-order valence-electron chi connectivity index (χ3n) is 2.30. The molecule has 0 fully saturated rings. The van der Waals surface area contributed by atoms with Crippen LogP contribution in [0.25, 0.3) is 11.3 Å². The number of nitrogens with zero attached hydrogens (tertiary/aromatic N) is 1. The molecular weight excluding hydrogens is 196 g/mol. The van der Waals surface area contributed by atoms with Gasteiger partial charge in [0, 0.05) is 17.8 Å². The average molecular weight is 207 g/mol. The maximum Gasteiger partial charge on any atom is 0.103 e. The zero-order valence-electron chi connectivity index (χ0n) is 7.87. The predicted molar refractivity (Wildman–Crippen MR) is 60.3 cm³/mol.